The molecule has 0 spiro atoms. The van der Waals surface area contributed by atoms with Gasteiger partial charge >= 0.3 is 0 Å². The molecule has 0 amide bonds. The van der Waals surface area contributed by atoms with Crippen molar-refractivity contribution in [3.63, 3.8) is 0 Å². The van der Waals surface area contributed by atoms with Gasteiger partial charge in [0.2, 0.25) is 0 Å². The largest absolute Gasteiger partial charge is 0.396 e. The Morgan fingerprint density at radius 3 is 2.67 bits per heavy atom. The lowest BCUT2D eigenvalue weighted by Crippen LogP contribution is -2.51. The van der Waals surface area contributed by atoms with Gasteiger partial charge in [-0.05, 0) is 48.9 Å². The van der Waals surface area contributed by atoms with Crippen LogP contribution in [0.15, 0.2) is 0 Å². The van der Waals surface area contributed by atoms with Gasteiger partial charge in [-0.2, -0.15) is 0 Å². The van der Waals surface area contributed by atoms with Crippen LogP contribution in [0.25, 0.3) is 0 Å². The van der Waals surface area contributed by atoms with Crippen molar-refractivity contribution in [3.05, 3.63) is 0 Å². The second kappa shape index (κ2) is 3.80. The van der Waals surface area contributed by atoms with Crippen LogP contribution in [0.3, 0.4) is 0 Å². The molecule has 0 aliphatic heterocycles. The van der Waals surface area contributed by atoms with Gasteiger partial charge in [-0.1, -0.05) is 13.8 Å². The van der Waals surface area contributed by atoms with E-state index in [-0.39, 0.29) is 18.3 Å². The highest BCUT2D eigenvalue weighted by molar-refractivity contribution is 5.82. The van der Waals surface area contributed by atoms with Gasteiger partial charge < -0.3 is 10.2 Å². The number of fused-ring (bicyclic) bond motifs is 3. The Labute approximate surface area is 109 Å². The number of aliphatic hydroxyl groups excluding tert-OH is 1. The quantitative estimate of drug-likeness (QED) is 0.747. The number of Topliss-reactive ketones (excluding diaryl/α,β-unsaturated/α-hetero) is 1. The number of ketones is 1. The van der Waals surface area contributed by atoms with Crippen LogP contribution in [0.5, 0.6) is 0 Å². The van der Waals surface area contributed by atoms with Crippen molar-refractivity contribution < 1.29 is 15.0 Å². The highest BCUT2D eigenvalue weighted by Crippen LogP contribution is 2.70. The van der Waals surface area contributed by atoms with E-state index < -0.39 is 11.5 Å². The number of carbonyl (C=O) groups is 1. The van der Waals surface area contributed by atoms with Crippen molar-refractivity contribution in [2.24, 2.45) is 29.1 Å². The molecule has 2 N–H and O–H groups in total. The van der Waals surface area contributed by atoms with Crippen LogP contribution in [0.2, 0.25) is 0 Å². The van der Waals surface area contributed by atoms with Crippen molar-refractivity contribution in [3.8, 4) is 0 Å². The standard InChI is InChI=1S/C15H24O3/c1-14(2)9-6-7-15(18)10(13(9)14)4-3-5-12(17)11(15)8-16/h9-11,13,16,18H,3-8H2,1-2H3/t9-,10+,11-,13-,15-/m1/s1. The lowest BCUT2D eigenvalue weighted by molar-refractivity contribution is -0.145. The van der Waals surface area contributed by atoms with Gasteiger partial charge in [-0.25, -0.2) is 0 Å². The molecule has 0 aromatic carbocycles. The summed E-state index contributed by atoms with van der Waals surface area (Å²) in [6.45, 7) is 4.38. The van der Waals surface area contributed by atoms with Gasteiger partial charge in [-0.3, -0.25) is 4.79 Å². The molecule has 3 rings (SSSR count). The molecule has 0 radical (unpaired) electrons. The van der Waals surface area contributed by atoms with Gasteiger partial charge in [0, 0.05) is 6.42 Å². The highest BCUT2D eigenvalue weighted by atomic mass is 16.3. The Bertz CT molecular complexity index is 376. The Hall–Kier alpha value is -0.410. The number of aliphatic hydroxyl groups is 2. The van der Waals surface area contributed by atoms with Crippen LogP contribution in [0.1, 0.15) is 46.0 Å². The van der Waals surface area contributed by atoms with Gasteiger partial charge in [0.25, 0.3) is 0 Å². The Morgan fingerprint density at radius 1 is 1.28 bits per heavy atom. The topological polar surface area (TPSA) is 57.5 Å². The van der Waals surface area contributed by atoms with E-state index in [9.17, 15) is 15.0 Å². The lowest BCUT2D eigenvalue weighted by Gasteiger charge is -2.42. The van der Waals surface area contributed by atoms with Crippen LogP contribution in [0.4, 0.5) is 0 Å². The molecule has 102 valence electrons. The van der Waals surface area contributed by atoms with Crippen LogP contribution < -0.4 is 0 Å². The first-order chi connectivity index (χ1) is 8.43. The normalized spacial score (nSPS) is 50.1. The summed E-state index contributed by atoms with van der Waals surface area (Å²) in [5, 5.41) is 20.6. The first kappa shape index (κ1) is 12.6. The molecule has 3 saturated carbocycles. The maximum absolute atomic E-state index is 12.1. The van der Waals surface area contributed by atoms with E-state index in [1.807, 2.05) is 0 Å². The Balaban J connectivity index is 1.96. The summed E-state index contributed by atoms with van der Waals surface area (Å²) in [5.74, 6) is 1.02. The second-order valence-electron chi connectivity index (χ2n) is 7.18. The predicted molar refractivity (Wildman–Crippen MR) is 67.9 cm³/mol. The highest BCUT2D eigenvalue weighted by Gasteiger charge is 2.68. The van der Waals surface area contributed by atoms with Gasteiger partial charge in [0.1, 0.15) is 5.78 Å². The zero-order valence-corrected chi connectivity index (χ0v) is 11.4. The summed E-state index contributed by atoms with van der Waals surface area (Å²) >= 11 is 0. The van der Waals surface area contributed by atoms with Crippen LogP contribution in [0, 0.1) is 29.1 Å². The summed E-state index contributed by atoms with van der Waals surface area (Å²) in [6.07, 6.45) is 4.06. The minimum Gasteiger partial charge on any atom is -0.396 e. The summed E-state index contributed by atoms with van der Waals surface area (Å²) in [7, 11) is 0. The minimum absolute atomic E-state index is 0.0689. The molecule has 3 nitrogen and oxygen atoms in total. The maximum atomic E-state index is 12.1. The van der Waals surface area contributed by atoms with E-state index in [4.69, 9.17) is 0 Å². The van der Waals surface area contributed by atoms with Crippen LogP contribution in [-0.4, -0.2) is 28.2 Å². The van der Waals surface area contributed by atoms with Crippen molar-refractivity contribution in [2.45, 2.75) is 51.6 Å². The molecule has 18 heavy (non-hydrogen) atoms. The summed E-state index contributed by atoms with van der Waals surface area (Å²) in [4.78, 5) is 12.1. The maximum Gasteiger partial charge on any atom is 0.141 e. The molecule has 3 heteroatoms. The second-order valence-corrected chi connectivity index (χ2v) is 7.18. The summed E-state index contributed by atoms with van der Waals surface area (Å²) in [6, 6.07) is 0. The first-order valence-electron chi connectivity index (χ1n) is 7.29. The first-order valence-corrected chi connectivity index (χ1v) is 7.29. The van der Waals surface area contributed by atoms with E-state index in [0.717, 1.165) is 25.2 Å². The fourth-order valence-corrected chi connectivity index (χ4v) is 5.09. The van der Waals surface area contributed by atoms with E-state index in [0.29, 0.717) is 24.2 Å². The number of hydrogen-bond acceptors (Lipinski definition) is 3. The lowest BCUT2D eigenvalue weighted by atomic mass is 9.67. The number of hydrogen-bond donors (Lipinski definition) is 2. The fraction of sp³-hybridized carbons (Fsp3) is 0.933. The molecule has 3 aliphatic rings. The molecule has 0 saturated heterocycles. The predicted octanol–water partition coefficient (Wildman–Crippen LogP) is 1.76. The number of carbonyl (C=O) groups excluding carboxylic acids is 1. The average Bonchev–Trinajstić information content (AvgIpc) is 2.88. The molecular weight excluding hydrogens is 228 g/mol. The Kier molecular flexibility index (Phi) is 2.66. The molecular formula is C15H24O3. The molecule has 3 aliphatic carbocycles. The summed E-state index contributed by atoms with van der Waals surface area (Å²) in [5.41, 5.74) is -0.611. The molecule has 3 fully saturated rings. The smallest absolute Gasteiger partial charge is 0.141 e. The number of rotatable bonds is 1. The monoisotopic (exact) mass is 252 g/mol. The van der Waals surface area contributed by atoms with E-state index in [1.54, 1.807) is 0 Å². The molecule has 0 unspecified atom stereocenters. The van der Waals surface area contributed by atoms with Gasteiger partial charge in [0.15, 0.2) is 0 Å². The zero-order valence-electron chi connectivity index (χ0n) is 11.4. The third-order valence-electron chi connectivity index (χ3n) is 6.18. The molecule has 0 aromatic rings. The molecule has 0 bridgehead atoms. The zero-order chi connectivity index (χ0) is 13.1. The molecule has 0 aromatic heterocycles. The van der Waals surface area contributed by atoms with E-state index in [2.05, 4.69) is 13.8 Å². The van der Waals surface area contributed by atoms with Crippen molar-refractivity contribution >= 4 is 5.78 Å². The Morgan fingerprint density at radius 2 is 2.00 bits per heavy atom. The van der Waals surface area contributed by atoms with E-state index >= 15 is 0 Å². The minimum atomic E-state index is -0.933. The van der Waals surface area contributed by atoms with Crippen LogP contribution in [-0.2, 0) is 4.79 Å². The van der Waals surface area contributed by atoms with Gasteiger partial charge in [0.05, 0.1) is 18.1 Å². The average molecular weight is 252 g/mol. The van der Waals surface area contributed by atoms with E-state index in [1.165, 1.54) is 0 Å². The van der Waals surface area contributed by atoms with Gasteiger partial charge in [-0.15, -0.1) is 0 Å². The molecule has 5 atom stereocenters. The SMILES string of the molecule is CC1(C)[C@@H]2[C@H]1CC[C@]1(O)[C@H](CO)C(=O)CCC[C@@H]21. The molecule has 0 heterocycles. The van der Waals surface area contributed by atoms with Crippen molar-refractivity contribution in [1.82, 2.24) is 0 Å². The third kappa shape index (κ3) is 1.47. The van der Waals surface area contributed by atoms with Crippen LogP contribution >= 0.6 is 0 Å². The van der Waals surface area contributed by atoms with Crippen molar-refractivity contribution in [1.29, 1.82) is 0 Å². The third-order valence-corrected chi connectivity index (χ3v) is 6.18. The fourth-order valence-electron chi connectivity index (χ4n) is 5.09. The summed E-state index contributed by atoms with van der Waals surface area (Å²) < 4.78 is 0. The van der Waals surface area contributed by atoms with Crippen molar-refractivity contribution in [2.75, 3.05) is 6.61 Å².